The van der Waals surface area contributed by atoms with E-state index in [1.54, 1.807) is 24.3 Å². The highest BCUT2D eigenvalue weighted by atomic mass is 16.4. The third-order valence-corrected chi connectivity index (χ3v) is 4.62. The van der Waals surface area contributed by atoms with Crippen molar-refractivity contribution in [3.05, 3.63) is 35.4 Å². The molecule has 0 atom stereocenters. The van der Waals surface area contributed by atoms with Crippen LogP contribution in [0.2, 0.25) is 0 Å². The highest BCUT2D eigenvalue weighted by Gasteiger charge is 2.37. The minimum atomic E-state index is -0.933. The summed E-state index contributed by atoms with van der Waals surface area (Å²) >= 11 is 0. The summed E-state index contributed by atoms with van der Waals surface area (Å²) in [6, 6.07) is 6.65. The van der Waals surface area contributed by atoms with E-state index in [1.807, 2.05) is 0 Å². The Morgan fingerprint density at radius 2 is 1.76 bits per heavy atom. The minimum absolute atomic E-state index is 0.145. The molecular weight excluding hydrogens is 266 g/mol. The molecule has 0 spiro atoms. The zero-order valence-electron chi connectivity index (χ0n) is 12.5. The third kappa shape index (κ3) is 3.63. The summed E-state index contributed by atoms with van der Waals surface area (Å²) in [5.74, 6) is -0.787. The first kappa shape index (κ1) is 15.5. The lowest BCUT2D eigenvalue weighted by molar-refractivity contribution is -0.133. The number of benzene rings is 1. The highest BCUT2D eigenvalue weighted by Crippen LogP contribution is 2.39. The summed E-state index contributed by atoms with van der Waals surface area (Å²) in [5, 5.41) is 11.9. The number of nitrogens with one attached hydrogen (secondary N) is 1. The summed E-state index contributed by atoms with van der Waals surface area (Å²) in [5.41, 5.74) is 0.997. The molecule has 1 fully saturated rings. The monoisotopic (exact) mass is 289 g/mol. The first-order chi connectivity index (χ1) is 10.1. The van der Waals surface area contributed by atoms with Crippen molar-refractivity contribution >= 4 is 11.9 Å². The lowest BCUT2D eigenvalue weighted by Gasteiger charge is -2.35. The Morgan fingerprint density at radius 3 is 2.29 bits per heavy atom. The average Bonchev–Trinajstić information content (AvgIpc) is 2.53. The minimum Gasteiger partial charge on any atom is -0.478 e. The number of carbonyl (C=O) groups is 2. The van der Waals surface area contributed by atoms with Crippen molar-refractivity contribution in [1.29, 1.82) is 0 Å². The number of hydrogen-bond acceptors (Lipinski definition) is 2. The van der Waals surface area contributed by atoms with Gasteiger partial charge in [-0.1, -0.05) is 38.3 Å². The molecule has 2 N–H and O–H groups in total. The van der Waals surface area contributed by atoms with Gasteiger partial charge in [-0.05, 0) is 37.0 Å². The first-order valence-corrected chi connectivity index (χ1v) is 7.68. The van der Waals surface area contributed by atoms with E-state index in [0.29, 0.717) is 6.54 Å². The van der Waals surface area contributed by atoms with Crippen LogP contribution in [0, 0.1) is 5.41 Å². The molecule has 0 aromatic heterocycles. The summed E-state index contributed by atoms with van der Waals surface area (Å²) in [6.07, 6.45) is 6.34. The largest absolute Gasteiger partial charge is 0.478 e. The van der Waals surface area contributed by atoms with E-state index in [4.69, 9.17) is 5.11 Å². The SMILES string of the molecule is CCC1(C(=O)NCc2ccc(C(=O)O)cc2)CCCCC1. The Balaban J connectivity index is 1.95. The van der Waals surface area contributed by atoms with Crippen LogP contribution in [0.15, 0.2) is 24.3 Å². The Morgan fingerprint density at radius 1 is 1.14 bits per heavy atom. The maximum absolute atomic E-state index is 12.5. The molecule has 1 amide bonds. The zero-order chi connectivity index (χ0) is 15.3. The van der Waals surface area contributed by atoms with Gasteiger partial charge in [-0.2, -0.15) is 0 Å². The average molecular weight is 289 g/mol. The molecule has 4 heteroatoms. The number of rotatable bonds is 5. The van der Waals surface area contributed by atoms with Crippen LogP contribution in [0.1, 0.15) is 61.4 Å². The van der Waals surface area contributed by atoms with E-state index in [-0.39, 0.29) is 16.9 Å². The topological polar surface area (TPSA) is 66.4 Å². The number of hydrogen-bond donors (Lipinski definition) is 2. The maximum Gasteiger partial charge on any atom is 0.335 e. The van der Waals surface area contributed by atoms with Gasteiger partial charge in [-0.25, -0.2) is 4.79 Å². The van der Waals surface area contributed by atoms with E-state index in [0.717, 1.165) is 37.7 Å². The fraction of sp³-hybridized carbons (Fsp3) is 0.529. The van der Waals surface area contributed by atoms with Gasteiger partial charge in [0.25, 0.3) is 0 Å². The van der Waals surface area contributed by atoms with Gasteiger partial charge in [-0.3, -0.25) is 4.79 Å². The van der Waals surface area contributed by atoms with Crippen LogP contribution in [0.5, 0.6) is 0 Å². The van der Waals surface area contributed by atoms with Gasteiger partial charge in [0.05, 0.1) is 5.56 Å². The van der Waals surface area contributed by atoms with Gasteiger partial charge < -0.3 is 10.4 Å². The number of aromatic carboxylic acids is 1. The van der Waals surface area contributed by atoms with Crippen LogP contribution < -0.4 is 5.32 Å². The normalized spacial score (nSPS) is 17.2. The Hall–Kier alpha value is -1.84. The number of carboxylic acids is 1. The summed E-state index contributed by atoms with van der Waals surface area (Å²) < 4.78 is 0. The molecule has 1 aromatic carbocycles. The molecule has 0 saturated heterocycles. The van der Waals surface area contributed by atoms with E-state index in [2.05, 4.69) is 12.2 Å². The Labute approximate surface area is 125 Å². The molecule has 4 nitrogen and oxygen atoms in total. The highest BCUT2D eigenvalue weighted by molar-refractivity contribution is 5.87. The predicted molar refractivity (Wildman–Crippen MR) is 81.1 cm³/mol. The third-order valence-electron chi connectivity index (χ3n) is 4.62. The van der Waals surface area contributed by atoms with Crippen LogP contribution >= 0.6 is 0 Å². The summed E-state index contributed by atoms with van der Waals surface area (Å²) in [4.78, 5) is 23.3. The molecule has 0 aliphatic heterocycles. The predicted octanol–water partition coefficient (Wildman–Crippen LogP) is 3.36. The maximum atomic E-state index is 12.5. The fourth-order valence-corrected chi connectivity index (χ4v) is 3.10. The molecule has 0 radical (unpaired) electrons. The Kier molecular flexibility index (Phi) is 4.99. The number of carboxylic acid groups (broad SMARTS) is 1. The van der Waals surface area contributed by atoms with Gasteiger partial charge in [0, 0.05) is 12.0 Å². The second kappa shape index (κ2) is 6.74. The Bertz CT molecular complexity index is 501. The smallest absolute Gasteiger partial charge is 0.335 e. The first-order valence-electron chi connectivity index (χ1n) is 7.68. The lowest BCUT2D eigenvalue weighted by Crippen LogP contribution is -2.41. The van der Waals surface area contributed by atoms with Crippen molar-refractivity contribution in [2.75, 3.05) is 0 Å². The van der Waals surface area contributed by atoms with Crippen molar-refractivity contribution in [3.63, 3.8) is 0 Å². The molecule has 2 rings (SSSR count). The molecule has 1 aliphatic rings. The van der Waals surface area contributed by atoms with Gasteiger partial charge in [0.15, 0.2) is 0 Å². The van der Waals surface area contributed by atoms with Crippen LogP contribution in [0.3, 0.4) is 0 Å². The second-order valence-corrected chi connectivity index (χ2v) is 5.88. The molecule has 21 heavy (non-hydrogen) atoms. The summed E-state index contributed by atoms with van der Waals surface area (Å²) in [7, 11) is 0. The van der Waals surface area contributed by atoms with Gasteiger partial charge in [0.1, 0.15) is 0 Å². The molecule has 1 aliphatic carbocycles. The van der Waals surface area contributed by atoms with E-state index in [1.165, 1.54) is 6.42 Å². The van der Waals surface area contributed by atoms with E-state index < -0.39 is 5.97 Å². The lowest BCUT2D eigenvalue weighted by atomic mass is 9.71. The van der Waals surface area contributed by atoms with Crippen LogP contribution in [-0.4, -0.2) is 17.0 Å². The molecule has 0 bridgehead atoms. The quantitative estimate of drug-likeness (QED) is 0.873. The van der Waals surface area contributed by atoms with E-state index in [9.17, 15) is 9.59 Å². The van der Waals surface area contributed by atoms with Gasteiger partial charge >= 0.3 is 5.97 Å². The van der Waals surface area contributed by atoms with Crippen molar-refractivity contribution in [2.45, 2.75) is 52.0 Å². The van der Waals surface area contributed by atoms with Crippen molar-refractivity contribution < 1.29 is 14.7 Å². The fourth-order valence-electron chi connectivity index (χ4n) is 3.10. The van der Waals surface area contributed by atoms with E-state index >= 15 is 0 Å². The van der Waals surface area contributed by atoms with Crippen molar-refractivity contribution in [3.8, 4) is 0 Å². The number of amides is 1. The molecule has 1 saturated carbocycles. The van der Waals surface area contributed by atoms with Crippen LogP contribution in [0.25, 0.3) is 0 Å². The second-order valence-electron chi connectivity index (χ2n) is 5.88. The van der Waals surface area contributed by atoms with Gasteiger partial charge in [0.2, 0.25) is 5.91 Å². The summed E-state index contributed by atoms with van der Waals surface area (Å²) in [6.45, 7) is 2.55. The van der Waals surface area contributed by atoms with Crippen molar-refractivity contribution in [1.82, 2.24) is 5.32 Å². The van der Waals surface area contributed by atoms with Gasteiger partial charge in [-0.15, -0.1) is 0 Å². The number of carbonyl (C=O) groups excluding carboxylic acids is 1. The molecular formula is C17H23NO3. The molecule has 0 unspecified atom stereocenters. The van der Waals surface area contributed by atoms with Crippen LogP contribution in [-0.2, 0) is 11.3 Å². The molecule has 1 aromatic rings. The standard InChI is InChI=1S/C17H23NO3/c1-2-17(10-4-3-5-11-17)16(21)18-12-13-6-8-14(9-7-13)15(19)20/h6-9H,2-5,10-12H2,1H3,(H,18,21)(H,19,20). The van der Waals surface area contributed by atoms with Crippen LogP contribution in [0.4, 0.5) is 0 Å². The molecule has 114 valence electrons. The van der Waals surface area contributed by atoms with Crippen molar-refractivity contribution in [2.24, 2.45) is 5.41 Å². The zero-order valence-corrected chi connectivity index (χ0v) is 12.5. The molecule has 0 heterocycles.